The van der Waals surface area contributed by atoms with Gasteiger partial charge in [-0.25, -0.2) is 0 Å². The molecule has 1 aromatic carbocycles. The second-order valence-corrected chi connectivity index (χ2v) is 8.50. The zero-order valence-corrected chi connectivity index (χ0v) is 13.6. The molecular weight excluding hydrogens is 287 g/mol. The van der Waals surface area contributed by atoms with Gasteiger partial charge in [-0.15, -0.1) is 0 Å². The van der Waals surface area contributed by atoms with Gasteiger partial charge in [0, 0.05) is 0 Å². The molecule has 4 nitrogen and oxygen atoms in total. The van der Waals surface area contributed by atoms with Crippen LogP contribution in [0.4, 0.5) is 0 Å². The molecule has 1 rings (SSSR count). The number of aryl methyl sites for hydroxylation is 1. The Morgan fingerprint density at radius 1 is 0.905 bits per heavy atom. The summed E-state index contributed by atoms with van der Waals surface area (Å²) in [5, 5.41) is -0.112. The van der Waals surface area contributed by atoms with Crippen LogP contribution in [0.15, 0.2) is 24.3 Å². The van der Waals surface area contributed by atoms with Crippen LogP contribution in [0.25, 0.3) is 0 Å². The molecular formula is C16H27O4P. The van der Waals surface area contributed by atoms with E-state index in [4.69, 9.17) is 0 Å². The summed E-state index contributed by atoms with van der Waals surface area (Å²) in [6.45, 7) is 2.21. The van der Waals surface area contributed by atoms with E-state index in [-0.39, 0.29) is 11.3 Å². The molecule has 5 heteroatoms. The zero-order chi connectivity index (χ0) is 15.8. The van der Waals surface area contributed by atoms with E-state index in [1.807, 2.05) is 0 Å². The van der Waals surface area contributed by atoms with E-state index in [1.165, 1.54) is 50.7 Å². The van der Waals surface area contributed by atoms with E-state index in [0.29, 0.717) is 0 Å². The van der Waals surface area contributed by atoms with Crippen molar-refractivity contribution in [2.75, 3.05) is 0 Å². The topological polar surface area (TPSA) is 77.8 Å². The maximum atomic E-state index is 10.7. The van der Waals surface area contributed by atoms with E-state index < -0.39 is 7.28 Å². The van der Waals surface area contributed by atoms with Crippen molar-refractivity contribution in [3.05, 3.63) is 29.8 Å². The van der Waals surface area contributed by atoms with Gasteiger partial charge in [0.05, 0.1) is 0 Å². The third kappa shape index (κ3) is 6.23. The van der Waals surface area contributed by atoms with Crippen LogP contribution in [0, 0.1) is 0 Å². The predicted molar refractivity (Wildman–Crippen MR) is 88.1 cm³/mol. The number of unbranched alkanes of at least 4 members (excludes halogenated alkanes) is 6. The van der Waals surface area contributed by atoms with Crippen LogP contribution in [0.1, 0.15) is 57.4 Å². The predicted octanol–water partition coefficient (Wildman–Crippen LogP) is 3.07. The molecule has 3 N–H and O–H groups in total. The molecule has 120 valence electrons. The summed E-state index contributed by atoms with van der Waals surface area (Å²) in [5.41, 5.74) is 1.07. The van der Waals surface area contributed by atoms with E-state index in [2.05, 4.69) is 6.92 Å². The van der Waals surface area contributed by atoms with Crippen LogP contribution in [-0.2, 0) is 11.2 Å². The van der Waals surface area contributed by atoms with Crippen molar-refractivity contribution in [2.45, 2.75) is 58.3 Å². The fraction of sp³-hybridized carbons (Fsp3) is 0.562. The molecule has 0 bridgehead atoms. The Balaban J connectivity index is 2.37. The first-order valence-electron chi connectivity index (χ1n) is 7.70. The molecule has 0 aliphatic heterocycles. The SMILES string of the molecule is CCCCCCCCCc1ccc(P(O)(O)(O)C=O)cc1. The Morgan fingerprint density at radius 3 is 1.95 bits per heavy atom. The summed E-state index contributed by atoms with van der Waals surface area (Å²) < 4.78 is 0. The molecule has 0 amide bonds. The summed E-state index contributed by atoms with van der Waals surface area (Å²) in [7, 11) is -5.28. The van der Waals surface area contributed by atoms with E-state index in [1.54, 1.807) is 12.1 Å². The molecule has 0 atom stereocenters. The first kappa shape index (κ1) is 18.2. The molecule has 0 unspecified atom stereocenters. The molecule has 0 fully saturated rings. The van der Waals surface area contributed by atoms with Gasteiger partial charge in [-0.05, 0) is 0 Å². The molecule has 0 spiro atoms. The summed E-state index contributed by atoms with van der Waals surface area (Å²) in [6.07, 6.45) is 9.65. The summed E-state index contributed by atoms with van der Waals surface area (Å²) in [5.74, 6) is 0. The van der Waals surface area contributed by atoms with Crippen LogP contribution >= 0.6 is 7.28 Å². The maximum absolute atomic E-state index is 10.7. The third-order valence-electron chi connectivity index (χ3n) is 3.69. The van der Waals surface area contributed by atoms with Crippen LogP contribution in [0.2, 0.25) is 0 Å². The molecule has 0 aromatic heterocycles. The molecule has 0 saturated heterocycles. The average Bonchev–Trinajstić information content (AvgIpc) is 2.46. The molecule has 0 heterocycles. The van der Waals surface area contributed by atoms with Crippen molar-refractivity contribution in [3.63, 3.8) is 0 Å². The van der Waals surface area contributed by atoms with E-state index >= 15 is 0 Å². The van der Waals surface area contributed by atoms with E-state index in [9.17, 15) is 19.5 Å². The van der Waals surface area contributed by atoms with Gasteiger partial charge < -0.3 is 0 Å². The standard InChI is InChI=1S/C16H27O4P/c1-2-3-4-5-6-7-8-9-15-10-12-16(13-11-15)21(18,19,20)14-17/h10-14,18-20H,2-9H2,1H3. The van der Waals surface area contributed by atoms with Crippen molar-refractivity contribution in [3.8, 4) is 0 Å². The Hall–Kier alpha value is -0.800. The Kier molecular flexibility index (Phi) is 6.95. The molecule has 0 radical (unpaired) electrons. The number of carbonyl (C=O) groups excluding carboxylic acids is 1. The van der Waals surface area contributed by atoms with Crippen LogP contribution in [0.3, 0.4) is 0 Å². The first-order chi connectivity index (χ1) is 9.87. The van der Waals surface area contributed by atoms with Crippen LogP contribution in [0.5, 0.6) is 0 Å². The Labute approximate surface area is 127 Å². The number of hydrogen-bond acceptors (Lipinski definition) is 4. The van der Waals surface area contributed by atoms with Crippen molar-refractivity contribution in [1.82, 2.24) is 0 Å². The second kappa shape index (κ2) is 8.00. The summed E-state index contributed by atoms with van der Waals surface area (Å²) >= 11 is 0. The molecule has 0 aliphatic carbocycles. The average molecular weight is 314 g/mol. The molecule has 21 heavy (non-hydrogen) atoms. The van der Waals surface area contributed by atoms with Gasteiger partial charge in [-0.2, -0.15) is 0 Å². The van der Waals surface area contributed by atoms with Gasteiger partial charge in [-0.3, -0.25) is 0 Å². The molecule has 0 aliphatic rings. The number of hydrogen-bond donors (Lipinski definition) is 3. The third-order valence-corrected chi connectivity index (χ3v) is 5.37. The second-order valence-electron chi connectivity index (χ2n) is 5.69. The Morgan fingerprint density at radius 2 is 1.43 bits per heavy atom. The number of carbonyl (C=O) groups is 1. The van der Waals surface area contributed by atoms with Gasteiger partial charge in [-0.1, -0.05) is 6.92 Å². The monoisotopic (exact) mass is 314 g/mol. The normalized spacial score (nSPS) is 13.6. The number of benzene rings is 1. The van der Waals surface area contributed by atoms with Crippen molar-refractivity contribution < 1.29 is 19.5 Å². The van der Waals surface area contributed by atoms with Gasteiger partial charge >= 0.3 is 119 Å². The summed E-state index contributed by atoms with van der Waals surface area (Å²) in [4.78, 5) is 39.3. The van der Waals surface area contributed by atoms with Crippen molar-refractivity contribution in [2.24, 2.45) is 0 Å². The minimum absolute atomic E-state index is 0.112. The summed E-state index contributed by atoms with van der Waals surface area (Å²) in [6, 6.07) is 6.16. The Bertz CT molecular complexity index is 434. The molecule has 0 saturated carbocycles. The van der Waals surface area contributed by atoms with Crippen molar-refractivity contribution >= 4 is 18.6 Å². The van der Waals surface area contributed by atoms with Gasteiger partial charge in [0.1, 0.15) is 0 Å². The molecule has 1 aromatic rings. The van der Waals surface area contributed by atoms with E-state index in [0.717, 1.165) is 18.4 Å². The van der Waals surface area contributed by atoms with Gasteiger partial charge in [0.25, 0.3) is 0 Å². The quantitative estimate of drug-likeness (QED) is 0.352. The van der Waals surface area contributed by atoms with Gasteiger partial charge in [0.2, 0.25) is 0 Å². The van der Waals surface area contributed by atoms with Crippen molar-refractivity contribution in [1.29, 1.82) is 0 Å². The number of rotatable bonds is 10. The van der Waals surface area contributed by atoms with Crippen LogP contribution in [-0.4, -0.2) is 20.7 Å². The zero-order valence-electron chi connectivity index (χ0n) is 12.7. The minimum atomic E-state index is -5.28. The fourth-order valence-electron chi connectivity index (χ4n) is 2.30. The van der Waals surface area contributed by atoms with Gasteiger partial charge in [0.15, 0.2) is 0 Å². The fourth-order valence-corrected chi connectivity index (χ4v) is 3.14. The van der Waals surface area contributed by atoms with Crippen LogP contribution < -0.4 is 5.30 Å². The first-order valence-corrected chi connectivity index (χ1v) is 9.86.